The number of rotatable bonds is 7. The second-order valence-electron chi connectivity index (χ2n) is 6.71. The zero-order valence-corrected chi connectivity index (χ0v) is 18.8. The van der Waals surface area contributed by atoms with E-state index in [0.717, 1.165) is 11.1 Å². The molecule has 0 aliphatic rings. The quantitative estimate of drug-likeness (QED) is 0.320. The highest BCUT2D eigenvalue weighted by Crippen LogP contribution is 2.32. The van der Waals surface area contributed by atoms with Gasteiger partial charge in [0.05, 0.1) is 18.4 Å². The van der Waals surface area contributed by atoms with E-state index < -0.39 is 0 Å². The molecular weight excluding hydrogens is 430 g/mol. The lowest BCUT2D eigenvalue weighted by Gasteiger charge is -2.11. The van der Waals surface area contributed by atoms with Crippen LogP contribution in [0.2, 0.25) is 0 Å². The number of thioether (sulfide) groups is 1. The molecule has 2 aromatic heterocycles. The Morgan fingerprint density at radius 3 is 2.74 bits per heavy atom. The van der Waals surface area contributed by atoms with Crippen LogP contribution in [0.4, 0.5) is 5.69 Å². The molecule has 8 heteroatoms. The number of ether oxygens (including phenoxy) is 1. The Hall–Kier alpha value is -3.10. The largest absolute Gasteiger partial charge is 0.497 e. The summed E-state index contributed by atoms with van der Waals surface area (Å²) in [6.07, 6.45) is 0. The zero-order valence-electron chi connectivity index (χ0n) is 17.1. The molecular formula is C23H21N3O3S2. The lowest BCUT2D eigenvalue weighted by Crippen LogP contribution is -2.22. The monoisotopic (exact) mass is 451 g/mol. The van der Waals surface area contributed by atoms with E-state index in [1.165, 1.54) is 23.1 Å². The first kappa shape index (κ1) is 21.1. The Morgan fingerprint density at radius 2 is 2.00 bits per heavy atom. The molecule has 0 atom stereocenters. The summed E-state index contributed by atoms with van der Waals surface area (Å²) in [7, 11) is 1.58. The number of carbonyl (C=O) groups is 1. The topological polar surface area (TPSA) is 73.2 Å². The Kier molecular flexibility index (Phi) is 6.39. The van der Waals surface area contributed by atoms with Gasteiger partial charge in [-0.05, 0) is 24.6 Å². The first-order valence-corrected chi connectivity index (χ1v) is 11.6. The highest BCUT2D eigenvalue weighted by Gasteiger charge is 2.17. The molecule has 6 nitrogen and oxygen atoms in total. The predicted octanol–water partition coefficient (Wildman–Crippen LogP) is 4.88. The zero-order chi connectivity index (χ0) is 21.8. The smallest absolute Gasteiger partial charge is 0.272 e. The van der Waals surface area contributed by atoms with Gasteiger partial charge in [0.15, 0.2) is 5.16 Å². The van der Waals surface area contributed by atoms with Crippen LogP contribution in [0.5, 0.6) is 5.75 Å². The van der Waals surface area contributed by atoms with Crippen LogP contribution in [0.25, 0.3) is 21.3 Å². The fourth-order valence-electron chi connectivity index (χ4n) is 3.22. The van der Waals surface area contributed by atoms with Crippen LogP contribution in [-0.2, 0) is 11.3 Å². The molecule has 0 saturated carbocycles. The summed E-state index contributed by atoms with van der Waals surface area (Å²) in [5.41, 5.74) is 3.22. The Balaban J connectivity index is 1.60. The van der Waals surface area contributed by atoms with Crippen LogP contribution >= 0.6 is 23.1 Å². The van der Waals surface area contributed by atoms with Crippen molar-refractivity contribution in [3.8, 4) is 16.9 Å². The molecule has 0 unspecified atom stereocenters. The van der Waals surface area contributed by atoms with Gasteiger partial charge in [-0.3, -0.25) is 14.2 Å². The van der Waals surface area contributed by atoms with Crippen molar-refractivity contribution in [2.45, 2.75) is 18.6 Å². The summed E-state index contributed by atoms with van der Waals surface area (Å²) in [5.74, 6) is 0.632. The van der Waals surface area contributed by atoms with Crippen molar-refractivity contribution in [3.63, 3.8) is 0 Å². The molecule has 1 N–H and O–H groups in total. The molecule has 0 aliphatic heterocycles. The van der Waals surface area contributed by atoms with Crippen molar-refractivity contribution in [1.82, 2.24) is 9.55 Å². The molecule has 2 aromatic carbocycles. The van der Waals surface area contributed by atoms with Crippen LogP contribution in [-0.4, -0.2) is 28.3 Å². The van der Waals surface area contributed by atoms with Gasteiger partial charge < -0.3 is 10.1 Å². The number of aromatic nitrogens is 2. The molecule has 0 bridgehead atoms. The van der Waals surface area contributed by atoms with Crippen LogP contribution in [0.3, 0.4) is 0 Å². The van der Waals surface area contributed by atoms with E-state index in [1.807, 2.05) is 54.8 Å². The van der Waals surface area contributed by atoms with Crippen molar-refractivity contribution in [2.75, 3.05) is 18.2 Å². The minimum absolute atomic E-state index is 0.0737. The van der Waals surface area contributed by atoms with Gasteiger partial charge in [-0.2, -0.15) is 0 Å². The maximum Gasteiger partial charge on any atom is 0.272 e. The van der Waals surface area contributed by atoms with Crippen LogP contribution < -0.4 is 15.6 Å². The van der Waals surface area contributed by atoms with Gasteiger partial charge in [-0.1, -0.05) is 48.2 Å². The van der Waals surface area contributed by atoms with Gasteiger partial charge in [0, 0.05) is 29.2 Å². The molecule has 0 saturated heterocycles. The first-order valence-electron chi connectivity index (χ1n) is 9.75. The summed E-state index contributed by atoms with van der Waals surface area (Å²) in [4.78, 5) is 30.3. The van der Waals surface area contributed by atoms with Crippen molar-refractivity contribution in [3.05, 3.63) is 70.3 Å². The van der Waals surface area contributed by atoms with Gasteiger partial charge in [-0.25, -0.2) is 4.98 Å². The lowest BCUT2D eigenvalue weighted by molar-refractivity contribution is -0.113. The van der Waals surface area contributed by atoms with Gasteiger partial charge in [0.1, 0.15) is 10.4 Å². The Bertz CT molecular complexity index is 1280. The van der Waals surface area contributed by atoms with Gasteiger partial charge >= 0.3 is 0 Å². The third-order valence-corrected chi connectivity index (χ3v) is 6.66. The molecule has 2 heterocycles. The van der Waals surface area contributed by atoms with E-state index >= 15 is 0 Å². The van der Waals surface area contributed by atoms with E-state index in [4.69, 9.17) is 9.72 Å². The third kappa shape index (κ3) is 4.50. The van der Waals surface area contributed by atoms with Crippen LogP contribution in [0.1, 0.15) is 6.92 Å². The van der Waals surface area contributed by atoms with Crippen LogP contribution in [0, 0.1) is 0 Å². The summed E-state index contributed by atoms with van der Waals surface area (Å²) in [5, 5.41) is 5.36. The van der Waals surface area contributed by atoms with Gasteiger partial charge in [-0.15, -0.1) is 11.3 Å². The average molecular weight is 452 g/mol. The summed E-state index contributed by atoms with van der Waals surface area (Å²) < 4.78 is 7.44. The first-order chi connectivity index (χ1) is 15.1. The number of thiophene rings is 1. The molecule has 158 valence electrons. The van der Waals surface area contributed by atoms with Crippen molar-refractivity contribution >= 4 is 44.9 Å². The number of hydrogen-bond acceptors (Lipinski definition) is 6. The number of methoxy groups -OCH3 is 1. The second kappa shape index (κ2) is 9.36. The molecule has 0 fully saturated rings. The van der Waals surface area contributed by atoms with E-state index in [9.17, 15) is 9.59 Å². The molecule has 31 heavy (non-hydrogen) atoms. The van der Waals surface area contributed by atoms with Crippen molar-refractivity contribution in [1.29, 1.82) is 0 Å². The average Bonchev–Trinajstić information content (AvgIpc) is 3.23. The van der Waals surface area contributed by atoms with E-state index in [0.29, 0.717) is 33.4 Å². The standard InChI is InChI=1S/C23H21N3O3S2/c1-3-26-22(28)21-20(18(13-30-21)15-8-5-4-6-9-15)25-23(26)31-14-19(27)24-16-10-7-11-17(12-16)29-2/h4-13H,3,14H2,1-2H3,(H,24,27). The molecule has 0 spiro atoms. The maximum atomic E-state index is 13.0. The number of anilines is 1. The van der Waals surface area contributed by atoms with Gasteiger partial charge in [0.2, 0.25) is 5.91 Å². The number of nitrogens with zero attached hydrogens (tertiary/aromatic N) is 2. The number of fused-ring (bicyclic) bond motifs is 1. The van der Waals surface area contributed by atoms with E-state index in [-0.39, 0.29) is 17.2 Å². The number of nitrogens with one attached hydrogen (secondary N) is 1. The molecule has 4 aromatic rings. The summed E-state index contributed by atoms with van der Waals surface area (Å²) >= 11 is 2.67. The highest BCUT2D eigenvalue weighted by molar-refractivity contribution is 7.99. The molecule has 1 amide bonds. The van der Waals surface area contributed by atoms with Crippen molar-refractivity contribution in [2.24, 2.45) is 0 Å². The SMILES string of the molecule is CCn1c(SCC(=O)Nc2cccc(OC)c2)nc2c(-c3ccccc3)csc2c1=O. The molecule has 4 rings (SSSR count). The lowest BCUT2D eigenvalue weighted by atomic mass is 10.1. The number of amides is 1. The number of carbonyl (C=O) groups excluding carboxylic acids is 1. The van der Waals surface area contributed by atoms with Gasteiger partial charge in [0.25, 0.3) is 5.56 Å². The highest BCUT2D eigenvalue weighted by atomic mass is 32.2. The number of hydrogen-bond donors (Lipinski definition) is 1. The predicted molar refractivity (Wildman–Crippen MR) is 127 cm³/mol. The summed E-state index contributed by atoms with van der Waals surface area (Å²) in [6.45, 7) is 2.39. The van der Waals surface area contributed by atoms with Crippen LogP contribution in [0.15, 0.2) is 69.9 Å². The van der Waals surface area contributed by atoms with E-state index in [2.05, 4.69) is 5.32 Å². The Morgan fingerprint density at radius 1 is 1.19 bits per heavy atom. The minimum Gasteiger partial charge on any atom is -0.497 e. The normalized spacial score (nSPS) is 10.9. The Labute approximate surface area is 187 Å². The second-order valence-corrected chi connectivity index (χ2v) is 8.53. The number of benzene rings is 2. The molecule has 0 aliphatic carbocycles. The fourth-order valence-corrected chi connectivity index (χ4v) is 5.04. The van der Waals surface area contributed by atoms with Crippen molar-refractivity contribution < 1.29 is 9.53 Å². The third-order valence-electron chi connectivity index (χ3n) is 4.73. The van der Waals surface area contributed by atoms with E-state index in [1.54, 1.807) is 23.8 Å². The molecule has 0 radical (unpaired) electrons. The maximum absolute atomic E-state index is 13.0. The summed E-state index contributed by atoms with van der Waals surface area (Å²) in [6, 6.07) is 17.1. The minimum atomic E-state index is -0.177. The fraction of sp³-hybridized carbons (Fsp3) is 0.174.